The average molecular weight is 519 g/mol. The molecule has 1 aliphatic carbocycles. The first kappa shape index (κ1) is 24.9. The van der Waals surface area contributed by atoms with Crippen molar-refractivity contribution in [3.05, 3.63) is 31.8 Å². The molecule has 34 heavy (non-hydrogen) atoms. The number of carbonyl (C=O) groups excluding carboxylic acids is 2. The molecule has 0 aliphatic heterocycles. The van der Waals surface area contributed by atoms with Crippen LogP contribution in [0.2, 0.25) is 0 Å². The molecule has 3 heterocycles. The van der Waals surface area contributed by atoms with Crippen molar-refractivity contribution in [3.63, 3.8) is 0 Å². The quantitative estimate of drug-likeness (QED) is 0.309. The molecule has 1 amide bonds. The standard InChI is InChI=1S/C24H30N4O3S3/c1-6-15-14(4)32-11-17(15)21-26-27-24(28(21)7-2)33-12-19(29)25-22-20(23(30)31-5)16-9-8-13(3)10-18(16)34-22/h11,13H,6-10,12H2,1-5H3,(H,25,29). The molecule has 1 aliphatic rings. The van der Waals surface area contributed by atoms with Gasteiger partial charge in [0.25, 0.3) is 0 Å². The summed E-state index contributed by atoms with van der Waals surface area (Å²) in [5.41, 5.74) is 3.97. The number of rotatable bonds is 8. The lowest BCUT2D eigenvalue weighted by Gasteiger charge is -2.18. The normalized spacial score (nSPS) is 15.3. The van der Waals surface area contributed by atoms with E-state index in [0.717, 1.165) is 42.6 Å². The maximum absolute atomic E-state index is 12.9. The maximum Gasteiger partial charge on any atom is 0.341 e. The van der Waals surface area contributed by atoms with Crippen molar-refractivity contribution in [2.24, 2.45) is 5.92 Å². The summed E-state index contributed by atoms with van der Waals surface area (Å²) >= 11 is 4.59. The van der Waals surface area contributed by atoms with Crippen molar-refractivity contribution in [3.8, 4) is 11.4 Å². The van der Waals surface area contributed by atoms with Crippen LogP contribution in [0.25, 0.3) is 11.4 Å². The number of hydrogen-bond acceptors (Lipinski definition) is 8. The van der Waals surface area contributed by atoms with Crippen LogP contribution in [0.15, 0.2) is 10.5 Å². The fraction of sp³-hybridized carbons (Fsp3) is 0.500. The number of aromatic nitrogens is 3. The number of aryl methyl sites for hydroxylation is 1. The number of fused-ring (bicyclic) bond motifs is 1. The van der Waals surface area contributed by atoms with Gasteiger partial charge in [-0.05, 0) is 56.6 Å². The molecule has 0 saturated carbocycles. The Labute approximate surface area is 212 Å². The number of hydrogen-bond donors (Lipinski definition) is 1. The fourth-order valence-corrected chi connectivity index (χ4v) is 7.59. The number of amides is 1. The van der Waals surface area contributed by atoms with Crippen molar-refractivity contribution < 1.29 is 14.3 Å². The van der Waals surface area contributed by atoms with Crippen LogP contribution < -0.4 is 5.32 Å². The zero-order valence-corrected chi connectivity index (χ0v) is 22.6. The van der Waals surface area contributed by atoms with Crippen molar-refractivity contribution in [2.45, 2.75) is 65.1 Å². The molecule has 10 heteroatoms. The lowest BCUT2D eigenvalue weighted by atomic mass is 9.88. The van der Waals surface area contributed by atoms with Crippen LogP contribution in [0, 0.1) is 12.8 Å². The van der Waals surface area contributed by atoms with Gasteiger partial charge in [0.1, 0.15) is 5.00 Å². The molecule has 0 aromatic carbocycles. The number of ether oxygens (including phenoxy) is 1. The molecule has 4 rings (SSSR count). The van der Waals surface area contributed by atoms with Gasteiger partial charge in [-0.25, -0.2) is 4.79 Å². The molecule has 0 bridgehead atoms. The highest BCUT2D eigenvalue weighted by Gasteiger charge is 2.29. The van der Waals surface area contributed by atoms with E-state index in [1.54, 1.807) is 11.3 Å². The molecule has 1 unspecified atom stereocenters. The Morgan fingerprint density at radius 2 is 2.12 bits per heavy atom. The summed E-state index contributed by atoms with van der Waals surface area (Å²) in [5.74, 6) is 1.05. The van der Waals surface area contributed by atoms with E-state index in [-0.39, 0.29) is 17.6 Å². The first-order chi connectivity index (χ1) is 16.4. The van der Waals surface area contributed by atoms with Gasteiger partial charge in [0, 0.05) is 27.2 Å². The predicted molar refractivity (Wildman–Crippen MR) is 139 cm³/mol. The number of carbonyl (C=O) groups is 2. The van der Waals surface area contributed by atoms with Crippen LogP contribution in [0.5, 0.6) is 0 Å². The molecule has 0 spiro atoms. The van der Waals surface area contributed by atoms with Gasteiger partial charge in [0.05, 0.1) is 18.4 Å². The number of thioether (sulfide) groups is 1. The topological polar surface area (TPSA) is 86.1 Å². The zero-order valence-electron chi connectivity index (χ0n) is 20.2. The molecule has 1 atom stereocenters. The minimum Gasteiger partial charge on any atom is -0.465 e. The van der Waals surface area contributed by atoms with Gasteiger partial charge < -0.3 is 14.6 Å². The van der Waals surface area contributed by atoms with E-state index < -0.39 is 0 Å². The summed E-state index contributed by atoms with van der Waals surface area (Å²) in [6, 6.07) is 0. The van der Waals surface area contributed by atoms with Crippen LogP contribution in [0.1, 0.15) is 58.4 Å². The van der Waals surface area contributed by atoms with Crippen LogP contribution in [-0.4, -0.2) is 39.5 Å². The van der Waals surface area contributed by atoms with Gasteiger partial charge in [-0.1, -0.05) is 25.6 Å². The fourth-order valence-electron chi connectivity index (χ4n) is 4.44. The second kappa shape index (κ2) is 10.6. The first-order valence-corrected chi connectivity index (χ1v) is 14.2. The molecule has 182 valence electrons. The van der Waals surface area contributed by atoms with Crippen molar-refractivity contribution >= 4 is 51.3 Å². The summed E-state index contributed by atoms with van der Waals surface area (Å²) in [5, 5.41) is 15.2. The van der Waals surface area contributed by atoms with Crippen LogP contribution in [0.4, 0.5) is 5.00 Å². The summed E-state index contributed by atoms with van der Waals surface area (Å²) in [4.78, 5) is 27.8. The Balaban J connectivity index is 1.50. The highest BCUT2D eigenvalue weighted by molar-refractivity contribution is 7.99. The Hall–Kier alpha value is -2.17. The molecule has 0 saturated heterocycles. The van der Waals surface area contributed by atoms with E-state index in [4.69, 9.17) is 4.74 Å². The monoisotopic (exact) mass is 518 g/mol. The molecule has 0 radical (unpaired) electrons. The van der Waals surface area contributed by atoms with Crippen LogP contribution in [0.3, 0.4) is 0 Å². The average Bonchev–Trinajstić information content (AvgIpc) is 3.50. The van der Waals surface area contributed by atoms with Crippen molar-refractivity contribution in [1.82, 2.24) is 14.8 Å². The predicted octanol–water partition coefficient (Wildman–Crippen LogP) is 5.60. The summed E-state index contributed by atoms with van der Waals surface area (Å²) < 4.78 is 7.08. The zero-order chi connectivity index (χ0) is 24.4. The van der Waals surface area contributed by atoms with E-state index in [2.05, 4.69) is 53.2 Å². The first-order valence-electron chi connectivity index (χ1n) is 11.5. The summed E-state index contributed by atoms with van der Waals surface area (Å²) in [6.45, 7) is 9.27. The number of nitrogens with zero attached hydrogens (tertiary/aromatic N) is 3. The Morgan fingerprint density at radius 1 is 1.32 bits per heavy atom. The van der Waals surface area contributed by atoms with E-state index in [9.17, 15) is 9.59 Å². The Bertz CT molecular complexity index is 1210. The third-order valence-corrected chi connectivity index (χ3v) is 9.31. The third-order valence-electron chi connectivity index (χ3n) is 6.22. The number of methoxy groups -OCH3 is 1. The minimum absolute atomic E-state index is 0.172. The van der Waals surface area contributed by atoms with Crippen LogP contribution >= 0.6 is 34.4 Å². The second-order valence-corrected chi connectivity index (χ2v) is 11.6. The van der Waals surface area contributed by atoms with Crippen molar-refractivity contribution in [1.29, 1.82) is 0 Å². The Kier molecular flexibility index (Phi) is 7.79. The van der Waals surface area contributed by atoms with Gasteiger partial charge in [-0.3, -0.25) is 4.79 Å². The summed E-state index contributed by atoms with van der Waals surface area (Å²) in [7, 11) is 1.38. The van der Waals surface area contributed by atoms with E-state index in [0.29, 0.717) is 28.2 Å². The van der Waals surface area contributed by atoms with E-state index in [1.165, 1.54) is 45.5 Å². The molecule has 3 aromatic rings. The van der Waals surface area contributed by atoms with Gasteiger partial charge in [0.15, 0.2) is 11.0 Å². The number of nitrogens with one attached hydrogen (secondary N) is 1. The molecule has 1 N–H and O–H groups in total. The lowest BCUT2D eigenvalue weighted by Crippen LogP contribution is -2.17. The minimum atomic E-state index is -0.386. The lowest BCUT2D eigenvalue weighted by molar-refractivity contribution is -0.113. The third kappa shape index (κ3) is 4.81. The number of thiophene rings is 2. The smallest absolute Gasteiger partial charge is 0.341 e. The highest BCUT2D eigenvalue weighted by Crippen LogP contribution is 2.40. The largest absolute Gasteiger partial charge is 0.465 e. The molecule has 0 fully saturated rings. The van der Waals surface area contributed by atoms with Gasteiger partial charge in [-0.15, -0.1) is 32.9 Å². The summed E-state index contributed by atoms with van der Waals surface area (Å²) in [6.07, 6.45) is 3.75. The molecular formula is C24H30N4O3S3. The molecular weight excluding hydrogens is 488 g/mol. The van der Waals surface area contributed by atoms with E-state index in [1.807, 2.05) is 0 Å². The second-order valence-electron chi connectivity index (χ2n) is 8.47. The number of anilines is 1. The Morgan fingerprint density at radius 3 is 2.82 bits per heavy atom. The van der Waals surface area contributed by atoms with E-state index >= 15 is 0 Å². The van der Waals surface area contributed by atoms with Gasteiger partial charge in [-0.2, -0.15) is 0 Å². The van der Waals surface area contributed by atoms with Crippen molar-refractivity contribution in [2.75, 3.05) is 18.2 Å². The molecule has 7 nitrogen and oxygen atoms in total. The highest BCUT2D eigenvalue weighted by atomic mass is 32.2. The SMILES string of the molecule is CCc1c(-c2nnc(SCC(=O)Nc3sc4c(c3C(=O)OC)CCC(C)C4)n2CC)csc1C. The molecule has 3 aromatic heterocycles. The number of esters is 1. The van der Waals surface area contributed by atoms with Crippen LogP contribution in [-0.2, 0) is 35.3 Å². The maximum atomic E-state index is 12.9. The van der Waals surface area contributed by atoms with Gasteiger partial charge >= 0.3 is 5.97 Å². The van der Waals surface area contributed by atoms with Gasteiger partial charge in [0.2, 0.25) is 5.91 Å².